The van der Waals surface area contributed by atoms with Gasteiger partial charge in [-0.05, 0) is 99.3 Å². The standard InChI is InChI=1S/C45H58N2O6/c1-41-20-17-33(48)26-43(41)23-24-45(35(27-43)39(49)30-11-7-5-8-12-30)37(41)18-21-42(2)38(45)19-22-44(42,51)29-47(40(50)46-32-13-9-6-10-14-32)28-31-15-16-34(52-3)25-36(31)53-4/h6,9-10,13-16,23-25,27,30,33,37-38,48,51H,5,7-8,11-12,17-22,26,28-29H2,1-4H3,(H,46,50). The van der Waals surface area contributed by atoms with Gasteiger partial charge in [0.25, 0.3) is 0 Å². The Morgan fingerprint density at radius 3 is 2.32 bits per heavy atom. The summed E-state index contributed by atoms with van der Waals surface area (Å²) in [5.74, 6) is 1.92. The highest BCUT2D eigenvalue weighted by Crippen LogP contribution is 2.78. The smallest absolute Gasteiger partial charge is 0.322 e. The summed E-state index contributed by atoms with van der Waals surface area (Å²) in [5, 5.41) is 27.3. The molecule has 0 aromatic heterocycles. The maximum Gasteiger partial charge on any atom is 0.322 e. The number of benzene rings is 2. The number of nitrogens with one attached hydrogen (secondary N) is 1. The van der Waals surface area contributed by atoms with Gasteiger partial charge in [-0.25, -0.2) is 4.79 Å². The predicted molar refractivity (Wildman–Crippen MR) is 206 cm³/mol. The van der Waals surface area contributed by atoms with E-state index in [1.165, 1.54) is 6.42 Å². The van der Waals surface area contributed by atoms with Crippen molar-refractivity contribution in [3.63, 3.8) is 0 Å². The van der Waals surface area contributed by atoms with Crippen LogP contribution in [0.4, 0.5) is 10.5 Å². The van der Waals surface area contributed by atoms with Gasteiger partial charge in [0.1, 0.15) is 11.5 Å². The topological polar surface area (TPSA) is 108 Å². The molecule has 8 heteroatoms. The van der Waals surface area contributed by atoms with Crippen molar-refractivity contribution in [3.05, 3.63) is 77.9 Å². The van der Waals surface area contributed by atoms with Gasteiger partial charge >= 0.3 is 6.03 Å². The van der Waals surface area contributed by atoms with Gasteiger partial charge in [-0.1, -0.05) is 69.5 Å². The first kappa shape index (κ1) is 36.4. The number of methoxy groups -OCH3 is 2. The molecule has 2 bridgehead atoms. The summed E-state index contributed by atoms with van der Waals surface area (Å²) < 4.78 is 11.2. The van der Waals surface area contributed by atoms with Gasteiger partial charge < -0.3 is 29.9 Å². The van der Waals surface area contributed by atoms with Gasteiger partial charge in [0, 0.05) is 45.1 Å². The second-order valence-electron chi connectivity index (χ2n) is 17.8. The van der Waals surface area contributed by atoms with Crippen molar-refractivity contribution < 1.29 is 29.3 Å². The van der Waals surface area contributed by atoms with Gasteiger partial charge in [-0.2, -0.15) is 0 Å². The van der Waals surface area contributed by atoms with Crippen LogP contribution >= 0.6 is 0 Å². The van der Waals surface area contributed by atoms with E-state index in [9.17, 15) is 19.8 Å². The molecule has 7 aliphatic carbocycles. The molecule has 4 fully saturated rings. The number of aliphatic hydroxyl groups excluding tert-OH is 1. The number of fused-ring (bicyclic) bond motifs is 1. The zero-order valence-electron chi connectivity index (χ0n) is 32.0. The van der Waals surface area contributed by atoms with Gasteiger partial charge in [0.15, 0.2) is 5.78 Å². The van der Waals surface area contributed by atoms with E-state index in [4.69, 9.17) is 9.47 Å². The summed E-state index contributed by atoms with van der Waals surface area (Å²) in [6, 6.07) is 14.8. The van der Waals surface area contributed by atoms with Crippen molar-refractivity contribution in [1.29, 1.82) is 0 Å². The minimum Gasteiger partial charge on any atom is -0.497 e. The number of aliphatic hydroxyl groups is 2. The monoisotopic (exact) mass is 722 g/mol. The van der Waals surface area contributed by atoms with Crippen LogP contribution in [-0.4, -0.2) is 59.4 Å². The zero-order valence-corrected chi connectivity index (χ0v) is 32.0. The van der Waals surface area contributed by atoms with Crippen LogP contribution < -0.4 is 14.8 Å². The lowest BCUT2D eigenvalue weighted by Gasteiger charge is -2.71. The lowest BCUT2D eigenvalue weighted by Crippen LogP contribution is -2.67. The highest BCUT2D eigenvalue weighted by molar-refractivity contribution is 6.00. The molecule has 0 saturated heterocycles. The van der Waals surface area contributed by atoms with Crippen LogP contribution in [0.25, 0.3) is 0 Å². The van der Waals surface area contributed by atoms with Crippen LogP contribution in [0.5, 0.6) is 11.5 Å². The van der Waals surface area contributed by atoms with E-state index < -0.39 is 16.4 Å². The van der Waals surface area contributed by atoms with E-state index >= 15 is 0 Å². The van der Waals surface area contributed by atoms with Gasteiger partial charge in [-0.3, -0.25) is 4.79 Å². The highest BCUT2D eigenvalue weighted by Gasteiger charge is 2.74. The van der Waals surface area contributed by atoms with E-state index in [1.807, 2.05) is 48.5 Å². The number of anilines is 1. The highest BCUT2D eigenvalue weighted by atomic mass is 16.5. The average molecular weight is 723 g/mol. The summed E-state index contributed by atoms with van der Waals surface area (Å²) >= 11 is 0. The van der Waals surface area contributed by atoms with Crippen LogP contribution in [-0.2, 0) is 11.3 Å². The third-order valence-corrected chi connectivity index (χ3v) is 15.6. The number of carbonyl (C=O) groups excluding carboxylic acids is 2. The normalized spacial score (nSPS) is 37.2. The van der Waals surface area contributed by atoms with E-state index in [0.717, 1.165) is 68.9 Å². The number of nitrogens with zero attached hydrogens (tertiary/aromatic N) is 1. The number of amides is 2. The molecular formula is C45H58N2O6. The van der Waals surface area contributed by atoms with Crippen LogP contribution in [0.1, 0.15) is 96.5 Å². The molecule has 8 unspecified atom stereocenters. The molecule has 2 aromatic rings. The molecule has 8 nitrogen and oxygen atoms in total. The summed E-state index contributed by atoms with van der Waals surface area (Å²) in [5.41, 5.74) is -0.173. The molecule has 8 atom stereocenters. The average Bonchev–Trinajstić information content (AvgIpc) is 3.44. The molecule has 0 radical (unpaired) electrons. The molecule has 2 spiro atoms. The number of rotatable bonds is 9. The van der Waals surface area contributed by atoms with Gasteiger partial charge in [0.2, 0.25) is 0 Å². The number of Topliss-reactive ketones (excluding diaryl/α,β-unsaturated/α-hetero) is 1. The first-order valence-electron chi connectivity index (χ1n) is 20.1. The number of urea groups is 1. The predicted octanol–water partition coefficient (Wildman–Crippen LogP) is 8.48. The van der Waals surface area contributed by atoms with E-state index in [2.05, 4.69) is 37.4 Å². The molecule has 0 aliphatic heterocycles. The number of allylic oxidation sites excluding steroid dienone is 4. The number of carbonyl (C=O) groups is 2. The van der Waals surface area contributed by atoms with E-state index in [-0.39, 0.29) is 53.8 Å². The van der Waals surface area contributed by atoms with E-state index in [1.54, 1.807) is 19.1 Å². The lowest BCUT2D eigenvalue weighted by molar-refractivity contribution is -0.178. The Morgan fingerprint density at radius 1 is 0.868 bits per heavy atom. The van der Waals surface area contributed by atoms with Crippen molar-refractivity contribution in [2.24, 2.45) is 39.4 Å². The number of hydrogen-bond donors (Lipinski definition) is 3. The number of ketones is 1. The maximum absolute atomic E-state index is 14.9. The summed E-state index contributed by atoms with van der Waals surface area (Å²) in [6.45, 7) is 5.05. The Bertz CT molecular complexity index is 1800. The molecule has 4 saturated carbocycles. The lowest BCUT2D eigenvalue weighted by atomic mass is 9.32. The van der Waals surface area contributed by atoms with Crippen molar-refractivity contribution in [1.82, 2.24) is 4.90 Å². The van der Waals surface area contributed by atoms with Crippen LogP contribution in [0, 0.1) is 39.4 Å². The zero-order chi connectivity index (χ0) is 37.2. The van der Waals surface area contributed by atoms with Crippen LogP contribution in [0.15, 0.2) is 72.3 Å². The molecule has 7 aliphatic rings. The second kappa shape index (κ2) is 13.3. The Labute approximate surface area is 315 Å². The first-order valence-corrected chi connectivity index (χ1v) is 20.1. The molecule has 284 valence electrons. The fraction of sp³-hybridized carbons (Fsp3) is 0.600. The second-order valence-corrected chi connectivity index (χ2v) is 17.8. The maximum atomic E-state index is 14.9. The minimum atomic E-state index is -1.20. The quantitative estimate of drug-likeness (QED) is 0.224. The Kier molecular flexibility index (Phi) is 9.12. The molecule has 2 amide bonds. The fourth-order valence-corrected chi connectivity index (χ4v) is 12.6. The Balaban J connectivity index is 1.18. The van der Waals surface area contributed by atoms with Crippen molar-refractivity contribution in [3.8, 4) is 11.5 Å². The van der Waals surface area contributed by atoms with Crippen molar-refractivity contribution in [2.75, 3.05) is 26.1 Å². The summed E-state index contributed by atoms with van der Waals surface area (Å²) in [4.78, 5) is 31.0. The SMILES string of the molecule is COc1ccc(CN(CC2(O)CCC3C45C=CC6(C=C4C(=O)C4CCCCC4)CC(O)CCC6(C)C5CCC32C)C(=O)Nc2ccccc2)c(OC)c1. The summed E-state index contributed by atoms with van der Waals surface area (Å²) in [7, 11) is 3.23. The van der Waals surface area contributed by atoms with Crippen LogP contribution in [0.2, 0.25) is 0 Å². The molecule has 9 rings (SSSR count). The summed E-state index contributed by atoms with van der Waals surface area (Å²) in [6.07, 6.45) is 17.4. The molecule has 2 aromatic carbocycles. The number of ether oxygens (including phenoxy) is 2. The molecular weight excluding hydrogens is 665 g/mol. The van der Waals surface area contributed by atoms with E-state index in [0.29, 0.717) is 35.8 Å². The number of para-hydroxylation sites is 1. The largest absolute Gasteiger partial charge is 0.497 e. The Hall–Kier alpha value is -3.62. The van der Waals surface area contributed by atoms with Gasteiger partial charge in [0.05, 0.1) is 39.0 Å². The molecule has 53 heavy (non-hydrogen) atoms. The Morgan fingerprint density at radius 2 is 1.58 bits per heavy atom. The number of hydrogen-bond acceptors (Lipinski definition) is 6. The third kappa shape index (κ3) is 5.51. The fourth-order valence-electron chi connectivity index (χ4n) is 12.6. The van der Waals surface area contributed by atoms with Gasteiger partial charge in [-0.15, -0.1) is 0 Å². The minimum absolute atomic E-state index is 0.0327. The van der Waals surface area contributed by atoms with Crippen LogP contribution in [0.3, 0.4) is 0 Å². The molecule has 3 N–H and O–H groups in total. The van der Waals surface area contributed by atoms with Crippen molar-refractivity contribution in [2.45, 2.75) is 109 Å². The first-order chi connectivity index (χ1) is 25.4. The third-order valence-electron chi connectivity index (χ3n) is 15.6. The van der Waals surface area contributed by atoms with Crippen molar-refractivity contribution >= 4 is 17.5 Å². The molecule has 0 heterocycles.